The van der Waals surface area contributed by atoms with E-state index in [1.54, 1.807) is 29.8 Å². The Morgan fingerprint density at radius 1 is 1.00 bits per heavy atom. The van der Waals surface area contributed by atoms with Crippen LogP contribution < -0.4 is 15.6 Å². The van der Waals surface area contributed by atoms with Gasteiger partial charge in [0.15, 0.2) is 5.76 Å². The topological polar surface area (TPSA) is 98.4 Å². The van der Waals surface area contributed by atoms with Gasteiger partial charge in [-0.3, -0.25) is 20.4 Å². The van der Waals surface area contributed by atoms with Gasteiger partial charge in [-0.25, -0.2) is 9.07 Å². The van der Waals surface area contributed by atoms with Crippen LogP contribution in [-0.4, -0.2) is 21.6 Å². The fourth-order valence-corrected chi connectivity index (χ4v) is 3.41. The number of hydrogen-bond acceptors (Lipinski definition) is 5. The molecule has 174 valence electrons. The molecule has 8 nitrogen and oxygen atoms in total. The van der Waals surface area contributed by atoms with Crippen molar-refractivity contribution in [2.24, 2.45) is 0 Å². The van der Waals surface area contributed by atoms with E-state index in [1.807, 2.05) is 37.3 Å². The lowest BCUT2D eigenvalue weighted by atomic mass is 10.1. The van der Waals surface area contributed by atoms with Crippen molar-refractivity contribution in [1.29, 1.82) is 0 Å². The van der Waals surface area contributed by atoms with Crippen LogP contribution in [0.2, 0.25) is 0 Å². The number of benzene rings is 2. The van der Waals surface area contributed by atoms with Crippen LogP contribution in [0.15, 0.2) is 71.1 Å². The summed E-state index contributed by atoms with van der Waals surface area (Å²) in [5.74, 6) is -0.145. The summed E-state index contributed by atoms with van der Waals surface area (Å²) in [5, 5.41) is 4.45. The third-order valence-corrected chi connectivity index (χ3v) is 5.17. The van der Waals surface area contributed by atoms with Gasteiger partial charge in [-0.05, 0) is 62.4 Å². The zero-order valence-corrected chi connectivity index (χ0v) is 18.7. The van der Waals surface area contributed by atoms with Gasteiger partial charge >= 0.3 is 5.91 Å². The number of aromatic nitrogens is 2. The number of aryl methyl sites for hydroxylation is 1. The monoisotopic (exact) mass is 462 g/mol. The Balaban J connectivity index is 1.31. The van der Waals surface area contributed by atoms with Crippen LogP contribution in [0.25, 0.3) is 5.69 Å². The Morgan fingerprint density at radius 3 is 2.47 bits per heavy atom. The zero-order valence-electron chi connectivity index (χ0n) is 18.7. The maximum atomic E-state index is 13.2. The Bertz CT molecular complexity index is 1300. The van der Waals surface area contributed by atoms with Crippen molar-refractivity contribution in [3.8, 4) is 11.4 Å². The van der Waals surface area contributed by atoms with Crippen molar-refractivity contribution < 1.29 is 23.1 Å². The molecule has 0 unspecified atom stereocenters. The number of carbonyl (C=O) groups excluding carboxylic acids is 2. The minimum atomic E-state index is -0.588. The van der Waals surface area contributed by atoms with Crippen LogP contribution in [0.4, 0.5) is 4.39 Å². The molecule has 2 aromatic carbocycles. The normalized spacial score (nSPS) is 10.7. The van der Waals surface area contributed by atoms with E-state index in [0.29, 0.717) is 22.9 Å². The fraction of sp³-hybridized carbons (Fsp3) is 0.160. The smallest absolute Gasteiger partial charge is 0.305 e. The molecule has 0 atom stereocenters. The summed E-state index contributed by atoms with van der Waals surface area (Å²) in [4.78, 5) is 24.8. The summed E-state index contributed by atoms with van der Waals surface area (Å²) < 4.78 is 25.9. The molecule has 0 fully saturated rings. The van der Waals surface area contributed by atoms with Crippen molar-refractivity contribution in [2.45, 2.75) is 26.9 Å². The molecule has 9 heteroatoms. The molecular formula is C25H23FN4O4. The molecule has 0 bridgehead atoms. The molecule has 0 saturated heterocycles. The summed E-state index contributed by atoms with van der Waals surface area (Å²) in [6, 6.07) is 18.3. The Labute approximate surface area is 195 Å². The number of nitrogens with zero attached hydrogens (tertiary/aromatic N) is 2. The Kier molecular flexibility index (Phi) is 6.72. The van der Waals surface area contributed by atoms with Gasteiger partial charge in [0.2, 0.25) is 5.91 Å². The molecule has 4 rings (SSSR count). The second-order valence-electron chi connectivity index (χ2n) is 7.58. The molecule has 0 radical (unpaired) electrons. The molecule has 2 heterocycles. The lowest BCUT2D eigenvalue weighted by Crippen LogP contribution is -2.42. The summed E-state index contributed by atoms with van der Waals surface area (Å²) >= 11 is 0. The highest BCUT2D eigenvalue weighted by Crippen LogP contribution is 2.19. The number of hydrazine groups is 1. The summed E-state index contributed by atoms with van der Waals surface area (Å²) in [6.45, 7) is 3.78. The predicted octanol–water partition coefficient (Wildman–Crippen LogP) is 3.80. The van der Waals surface area contributed by atoms with Crippen LogP contribution in [0.3, 0.4) is 0 Å². The number of nitrogens with one attached hydrogen (secondary N) is 2. The molecule has 4 aromatic rings. The third kappa shape index (κ3) is 5.32. The molecule has 2 aromatic heterocycles. The first-order valence-electron chi connectivity index (χ1n) is 10.6. The van der Waals surface area contributed by atoms with Crippen LogP contribution in [0.1, 0.15) is 33.3 Å². The van der Waals surface area contributed by atoms with Crippen LogP contribution >= 0.6 is 0 Å². The van der Waals surface area contributed by atoms with Gasteiger partial charge in [0.1, 0.15) is 23.9 Å². The molecule has 0 saturated carbocycles. The number of halogens is 1. The predicted molar refractivity (Wildman–Crippen MR) is 122 cm³/mol. The standard InChI is InChI=1S/C25H23FN4O4/c1-16-22(17(2)30(29-16)19-10-8-18(26)9-11-19)14-24(31)27-28-25(32)23-13-12-21(34-23)15-33-20-6-4-3-5-7-20/h3-13H,14-15H2,1-2H3,(H,27,31)(H,28,32). The molecule has 2 N–H and O–H groups in total. The molecular weight excluding hydrogens is 439 g/mol. The number of carbonyl (C=O) groups is 2. The van der Waals surface area contributed by atoms with Gasteiger partial charge in [-0.15, -0.1) is 0 Å². The Morgan fingerprint density at radius 2 is 1.74 bits per heavy atom. The van der Waals surface area contributed by atoms with Crippen molar-refractivity contribution in [3.63, 3.8) is 0 Å². The van der Waals surface area contributed by atoms with E-state index in [4.69, 9.17) is 9.15 Å². The number of amides is 2. The largest absolute Gasteiger partial charge is 0.486 e. The van der Waals surface area contributed by atoms with Crippen LogP contribution in [0.5, 0.6) is 5.75 Å². The van der Waals surface area contributed by atoms with Crippen LogP contribution in [-0.2, 0) is 17.8 Å². The average molecular weight is 462 g/mol. The minimum Gasteiger partial charge on any atom is -0.486 e. The van der Waals surface area contributed by atoms with Crippen molar-refractivity contribution >= 4 is 11.8 Å². The number of hydrogen-bond donors (Lipinski definition) is 2. The van der Waals surface area contributed by atoms with Crippen molar-refractivity contribution in [1.82, 2.24) is 20.6 Å². The first kappa shape index (κ1) is 22.8. The van der Waals surface area contributed by atoms with Gasteiger partial charge in [0, 0.05) is 11.3 Å². The highest BCUT2D eigenvalue weighted by atomic mass is 19.1. The van der Waals surface area contributed by atoms with Gasteiger partial charge in [-0.1, -0.05) is 18.2 Å². The van der Waals surface area contributed by atoms with Gasteiger partial charge in [0.05, 0.1) is 17.8 Å². The molecule has 34 heavy (non-hydrogen) atoms. The van der Waals surface area contributed by atoms with E-state index in [2.05, 4.69) is 16.0 Å². The fourth-order valence-electron chi connectivity index (χ4n) is 3.41. The lowest BCUT2D eigenvalue weighted by molar-refractivity contribution is -0.121. The van der Waals surface area contributed by atoms with Crippen LogP contribution in [0, 0.1) is 19.7 Å². The third-order valence-electron chi connectivity index (χ3n) is 5.17. The SMILES string of the molecule is Cc1nn(-c2ccc(F)cc2)c(C)c1CC(=O)NNC(=O)c1ccc(COc2ccccc2)o1. The van der Waals surface area contributed by atoms with E-state index in [0.717, 1.165) is 11.3 Å². The second kappa shape index (κ2) is 10.0. The van der Waals surface area contributed by atoms with E-state index in [9.17, 15) is 14.0 Å². The van der Waals surface area contributed by atoms with Gasteiger partial charge < -0.3 is 9.15 Å². The molecule has 2 amide bonds. The zero-order chi connectivity index (χ0) is 24.1. The number of rotatable bonds is 7. The molecule has 0 aliphatic rings. The summed E-state index contributed by atoms with van der Waals surface area (Å²) in [5.41, 5.74) is 7.56. The van der Waals surface area contributed by atoms with E-state index in [-0.39, 0.29) is 24.6 Å². The number of para-hydroxylation sites is 1. The maximum absolute atomic E-state index is 13.2. The molecule has 0 aliphatic carbocycles. The van der Waals surface area contributed by atoms with Crippen molar-refractivity contribution in [3.05, 3.63) is 101 Å². The quantitative estimate of drug-likeness (QED) is 0.407. The first-order chi connectivity index (χ1) is 16.4. The summed E-state index contributed by atoms with van der Waals surface area (Å²) in [6.07, 6.45) is 0.00740. The highest BCUT2D eigenvalue weighted by Gasteiger charge is 2.17. The first-order valence-corrected chi connectivity index (χ1v) is 10.6. The molecule has 0 spiro atoms. The van der Waals surface area contributed by atoms with Crippen molar-refractivity contribution in [2.75, 3.05) is 0 Å². The van der Waals surface area contributed by atoms with E-state index in [1.165, 1.54) is 18.2 Å². The minimum absolute atomic E-state index is 0.00740. The maximum Gasteiger partial charge on any atom is 0.305 e. The lowest BCUT2D eigenvalue weighted by Gasteiger charge is -2.07. The average Bonchev–Trinajstić information content (AvgIpc) is 3.43. The summed E-state index contributed by atoms with van der Waals surface area (Å²) in [7, 11) is 0. The molecule has 0 aliphatic heterocycles. The Hall–Kier alpha value is -4.40. The van der Waals surface area contributed by atoms with Gasteiger partial charge in [-0.2, -0.15) is 5.10 Å². The van der Waals surface area contributed by atoms with Gasteiger partial charge in [0.25, 0.3) is 0 Å². The number of ether oxygens (including phenoxy) is 1. The highest BCUT2D eigenvalue weighted by molar-refractivity contribution is 5.93. The second-order valence-corrected chi connectivity index (χ2v) is 7.58. The number of furan rings is 1. The van der Waals surface area contributed by atoms with E-state index >= 15 is 0 Å². The van der Waals surface area contributed by atoms with E-state index < -0.39 is 11.8 Å².